The number of amides is 1. The third-order valence-corrected chi connectivity index (χ3v) is 6.43. The highest BCUT2D eigenvalue weighted by Gasteiger charge is 2.39. The monoisotopic (exact) mass is 404 g/mol. The van der Waals surface area contributed by atoms with Crippen molar-refractivity contribution in [1.82, 2.24) is 9.80 Å². The molecule has 158 valence electrons. The van der Waals surface area contributed by atoms with Crippen LogP contribution in [0.2, 0.25) is 0 Å². The Bertz CT molecular complexity index is 876. The third-order valence-electron chi connectivity index (χ3n) is 6.43. The summed E-state index contributed by atoms with van der Waals surface area (Å²) in [4.78, 5) is 17.4. The van der Waals surface area contributed by atoms with E-state index in [-0.39, 0.29) is 0 Å². The molecule has 4 rings (SSSR count). The maximum absolute atomic E-state index is 12.7. The molecule has 2 aromatic rings. The minimum Gasteiger partial charge on any atom is -0.497 e. The summed E-state index contributed by atoms with van der Waals surface area (Å²) >= 11 is 0. The topological polar surface area (TPSA) is 32.8 Å². The quantitative estimate of drug-likeness (QED) is 0.705. The van der Waals surface area contributed by atoms with E-state index < -0.39 is 0 Å². The van der Waals surface area contributed by atoms with Gasteiger partial charge in [-0.25, -0.2) is 0 Å². The van der Waals surface area contributed by atoms with Gasteiger partial charge in [-0.15, -0.1) is 0 Å². The Morgan fingerprint density at radius 2 is 1.87 bits per heavy atom. The van der Waals surface area contributed by atoms with Gasteiger partial charge in [-0.1, -0.05) is 54.1 Å². The van der Waals surface area contributed by atoms with Crippen LogP contribution in [0.3, 0.4) is 0 Å². The molecule has 0 saturated carbocycles. The number of hydrogen-bond acceptors (Lipinski definition) is 3. The lowest BCUT2D eigenvalue weighted by Gasteiger charge is -2.47. The van der Waals surface area contributed by atoms with Gasteiger partial charge in [-0.2, -0.15) is 0 Å². The number of likely N-dealkylation sites (tertiary alicyclic amines) is 2. The molecule has 2 saturated heterocycles. The van der Waals surface area contributed by atoms with Crippen LogP contribution in [0.15, 0.2) is 60.2 Å². The Balaban J connectivity index is 1.38. The lowest BCUT2D eigenvalue weighted by molar-refractivity contribution is -0.141. The van der Waals surface area contributed by atoms with Gasteiger partial charge in [0.1, 0.15) is 5.75 Å². The highest BCUT2D eigenvalue weighted by molar-refractivity contribution is 5.77. The minimum atomic E-state index is 0.306. The van der Waals surface area contributed by atoms with E-state index in [0.29, 0.717) is 30.8 Å². The lowest BCUT2D eigenvalue weighted by atomic mass is 9.83. The van der Waals surface area contributed by atoms with Gasteiger partial charge in [-0.05, 0) is 48.9 Å². The standard InChI is InChI=1S/C26H32N2O2/c1-20(16-21-6-4-3-5-7-21)17-27-15-14-25-23(19-27)10-13-26(29)28(25)18-22-8-11-24(30-2)12-9-22/h3-9,11-12,16,23,25H,10,13-15,17-19H2,1-2H3/t23-,25+/m1/s1. The molecule has 2 heterocycles. The largest absolute Gasteiger partial charge is 0.497 e. The fourth-order valence-corrected chi connectivity index (χ4v) is 4.94. The second-order valence-electron chi connectivity index (χ2n) is 8.66. The molecule has 2 aliphatic rings. The molecule has 2 aromatic carbocycles. The smallest absolute Gasteiger partial charge is 0.223 e. The van der Waals surface area contributed by atoms with Gasteiger partial charge >= 0.3 is 0 Å². The van der Waals surface area contributed by atoms with Crippen molar-refractivity contribution in [3.8, 4) is 5.75 Å². The van der Waals surface area contributed by atoms with Crippen molar-refractivity contribution in [3.63, 3.8) is 0 Å². The fraction of sp³-hybridized carbons (Fsp3) is 0.423. The first-order valence-corrected chi connectivity index (χ1v) is 11.0. The SMILES string of the molecule is COc1ccc(CN2C(=O)CC[C@@H]3CN(CC(C)=Cc4ccccc4)CC[C@@H]32)cc1. The van der Waals surface area contributed by atoms with E-state index in [1.807, 2.05) is 12.1 Å². The summed E-state index contributed by atoms with van der Waals surface area (Å²) < 4.78 is 5.26. The van der Waals surface area contributed by atoms with Crippen LogP contribution in [0.1, 0.15) is 37.3 Å². The molecule has 0 unspecified atom stereocenters. The van der Waals surface area contributed by atoms with Crippen LogP contribution in [0.25, 0.3) is 6.08 Å². The van der Waals surface area contributed by atoms with E-state index in [1.54, 1.807) is 7.11 Å². The van der Waals surface area contributed by atoms with Crippen molar-refractivity contribution < 1.29 is 9.53 Å². The van der Waals surface area contributed by atoms with E-state index in [2.05, 4.69) is 65.3 Å². The summed E-state index contributed by atoms with van der Waals surface area (Å²) in [5, 5.41) is 0. The van der Waals surface area contributed by atoms with E-state index >= 15 is 0 Å². The van der Waals surface area contributed by atoms with Crippen molar-refractivity contribution in [2.75, 3.05) is 26.7 Å². The Hall–Kier alpha value is -2.59. The molecule has 0 N–H and O–H groups in total. The number of ether oxygens (including phenoxy) is 1. The van der Waals surface area contributed by atoms with Crippen molar-refractivity contribution in [3.05, 3.63) is 71.3 Å². The molecule has 30 heavy (non-hydrogen) atoms. The van der Waals surface area contributed by atoms with Crippen molar-refractivity contribution >= 4 is 12.0 Å². The van der Waals surface area contributed by atoms with Crippen LogP contribution in [0.5, 0.6) is 5.75 Å². The van der Waals surface area contributed by atoms with Gasteiger partial charge in [0.25, 0.3) is 0 Å². The van der Waals surface area contributed by atoms with E-state index in [1.165, 1.54) is 16.7 Å². The lowest BCUT2D eigenvalue weighted by Crippen LogP contribution is -2.55. The highest BCUT2D eigenvalue weighted by Crippen LogP contribution is 2.33. The van der Waals surface area contributed by atoms with Crippen LogP contribution < -0.4 is 4.74 Å². The number of benzene rings is 2. The van der Waals surface area contributed by atoms with E-state index in [0.717, 1.165) is 38.2 Å². The summed E-state index contributed by atoms with van der Waals surface area (Å²) in [6.45, 7) is 6.06. The van der Waals surface area contributed by atoms with Crippen LogP contribution >= 0.6 is 0 Å². The predicted octanol–water partition coefficient (Wildman–Crippen LogP) is 4.61. The first-order chi connectivity index (χ1) is 14.6. The average Bonchev–Trinajstić information content (AvgIpc) is 2.77. The zero-order valence-electron chi connectivity index (χ0n) is 18.1. The molecule has 2 fully saturated rings. The van der Waals surface area contributed by atoms with Crippen molar-refractivity contribution in [1.29, 1.82) is 0 Å². The van der Waals surface area contributed by atoms with Gasteiger partial charge in [-0.3, -0.25) is 9.69 Å². The van der Waals surface area contributed by atoms with Crippen molar-refractivity contribution in [2.24, 2.45) is 5.92 Å². The summed E-state index contributed by atoms with van der Waals surface area (Å²) in [7, 11) is 1.68. The molecule has 0 radical (unpaired) electrons. The molecule has 0 aliphatic carbocycles. The number of nitrogens with zero attached hydrogens (tertiary/aromatic N) is 2. The van der Waals surface area contributed by atoms with E-state index in [9.17, 15) is 4.79 Å². The second kappa shape index (κ2) is 9.48. The third kappa shape index (κ3) is 4.93. The molecule has 1 amide bonds. The molecule has 0 spiro atoms. The molecular weight excluding hydrogens is 372 g/mol. The number of fused-ring (bicyclic) bond motifs is 1. The Morgan fingerprint density at radius 1 is 1.10 bits per heavy atom. The van der Waals surface area contributed by atoms with Gasteiger partial charge < -0.3 is 9.64 Å². The highest BCUT2D eigenvalue weighted by atomic mass is 16.5. The number of carbonyl (C=O) groups excluding carboxylic acids is 1. The summed E-state index contributed by atoms with van der Waals surface area (Å²) in [6.07, 6.45) is 5.03. The summed E-state index contributed by atoms with van der Waals surface area (Å²) in [6, 6.07) is 19.0. The second-order valence-corrected chi connectivity index (χ2v) is 8.66. The van der Waals surface area contributed by atoms with Crippen LogP contribution in [0, 0.1) is 5.92 Å². The molecule has 0 aromatic heterocycles. The maximum Gasteiger partial charge on any atom is 0.223 e. The number of hydrogen-bond donors (Lipinski definition) is 0. The normalized spacial score (nSPS) is 22.7. The number of methoxy groups -OCH3 is 1. The molecule has 4 nitrogen and oxygen atoms in total. The number of carbonyl (C=O) groups is 1. The average molecular weight is 405 g/mol. The Labute approximate surface area is 180 Å². The molecule has 2 atom stereocenters. The zero-order chi connectivity index (χ0) is 20.9. The molecular formula is C26H32N2O2. The number of piperidine rings is 2. The van der Waals surface area contributed by atoms with Gasteiger partial charge in [0.15, 0.2) is 0 Å². The first kappa shape index (κ1) is 20.7. The Morgan fingerprint density at radius 3 is 2.60 bits per heavy atom. The Kier molecular flexibility index (Phi) is 6.53. The van der Waals surface area contributed by atoms with E-state index in [4.69, 9.17) is 4.74 Å². The molecule has 0 bridgehead atoms. The van der Waals surface area contributed by atoms with Crippen molar-refractivity contribution in [2.45, 2.75) is 38.8 Å². The van der Waals surface area contributed by atoms with Crippen LogP contribution in [-0.4, -0.2) is 48.5 Å². The van der Waals surface area contributed by atoms with Gasteiger partial charge in [0, 0.05) is 38.6 Å². The zero-order valence-corrected chi connectivity index (χ0v) is 18.1. The van der Waals surface area contributed by atoms with Gasteiger partial charge in [0.2, 0.25) is 5.91 Å². The van der Waals surface area contributed by atoms with Crippen LogP contribution in [-0.2, 0) is 11.3 Å². The summed E-state index contributed by atoms with van der Waals surface area (Å²) in [5.41, 5.74) is 3.83. The van der Waals surface area contributed by atoms with Crippen LogP contribution in [0.4, 0.5) is 0 Å². The fourth-order valence-electron chi connectivity index (χ4n) is 4.94. The molecule has 2 aliphatic heterocycles. The first-order valence-electron chi connectivity index (χ1n) is 11.0. The minimum absolute atomic E-state index is 0.306. The maximum atomic E-state index is 12.7. The number of rotatable bonds is 6. The predicted molar refractivity (Wildman–Crippen MR) is 121 cm³/mol. The molecule has 4 heteroatoms. The summed E-state index contributed by atoms with van der Waals surface area (Å²) in [5.74, 6) is 1.73. The van der Waals surface area contributed by atoms with Gasteiger partial charge in [0.05, 0.1) is 7.11 Å².